The van der Waals surface area contributed by atoms with Crippen LogP contribution in [0.1, 0.15) is 5.56 Å². The molecule has 1 aromatic heterocycles. The molecule has 0 atom stereocenters. The van der Waals surface area contributed by atoms with Crippen LogP contribution in [-0.2, 0) is 5.75 Å². The van der Waals surface area contributed by atoms with Crippen molar-refractivity contribution < 1.29 is 4.92 Å². The number of nitrogens with one attached hydrogen (secondary N) is 1. The molecule has 2 rings (SSSR count). The van der Waals surface area contributed by atoms with Gasteiger partial charge in [-0.1, -0.05) is 17.7 Å². The highest BCUT2D eigenvalue weighted by Gasteiger charge is 2.12. The molecule has 0 aliphatic rings. The normalized spacial score (nSPS) is 10.3. The lowest BCUT2D eigenvalue weighted by atomic mass is 10.2. The maximum Gasteiger partial charge on any atom is 0.292 e. The SMILES string of the molecule is CNc1cc(CSc2ccc(Cl)cn2)ccc1[N+](=O)[O-]. The lowest BCUT2D eigenvalue weighted by Crippen LogP contribution is -1.97. The number of hydrogen-bond acceptors (Lipinski definition) is 5. The first-order valence-electron chi connectivity index (χ1n) is 5.79. The van der Waals surface area contributed by atoms with Crippen molar-refractivity contribution in [1.29, 1.82) is 0 Å². The third-order valence-electron chi connectivity index (χ3n) is 2.61. The molecule has 0 radical (unpaired) electrons. The van der Waals surface area contributed by atoms with E-state index < -0.39 is 4.92 Å². The highest BCUT2D eigenvalue weighted by molar-refractivity contribution is 7.98. The number of hydrogen-bond donors (Lipinski definition) is 1. The quantitative estimate of drug-likeness (QED) is 0.514. The van der Waals surface area contributed by atoms with Crippen LogP contribution >= 0.6 is 23.4 Å². The minimum Gasteiger partial charge on any atom is -0.383 e. The van der Waals surface area contributed by atoms with E-state index in [1.165, 1.54) is 6.07 Å². The van der Waals surface area contributed by atoms with Crippen LogP contribution in [0, 0.1) is 10.1 Å². The third kappa shape index (κ3) is 3.61. The van der Waals surface area contributed by atoms with Crippen molar-refractivity contribution >= 4 is 34.7 Å². The topological polar surface area (TPSA) is 68.1 Å². The molecular weight excluding hydrogens is 298 g/mol. The summed E-state index contributed by atoms with van der Waals surface area (Å²) in [7, 11) is 1.67. The van der Waals surface area contributed by atoms with Crippen molar-refractivity contribution in [2.24, 2.45) is 0 Å². The van der Waals surface area contributed by atoms with Gasteiger partial charge in [-0.25, -0.2) is 4.98 Å². The zero-order valence-corrected chi connectivity index (χ0v) is 12.2. The Bertz CT molecular complexity index is 620. The Kier molecular flexibility index (Phi) is 4.81. The largest absolute Gasteiger partial charge is 0.383 e. The molecule has 1 aromatic carbocycles. The fraction of sp³-hybridized carbons (Fsp3) is 0.154. The molecule has 104 valence electrons. The number of pyridine rings is 1. The van der Waals surface area contributed by atoms with E-state index >= 15 is 0 Å². The molecule has 0 spiro atoms. The number of benzene rings is 1. The fourth-order valence-electron chi connectivity index (χ4n) is 1.64. The summed E-state index contributed by atoms with van der Waals surface area (Å²) in [4.78, 5) is 14.6. The second kappa shape index (κ2) is 6.58. The lowest BCUT2D eigenvalue weighted by Gasteiger charge is -2.06. The number of halogens is 1. The van der Waals surface area contributed by atoms with Gasteiger partial charge in [-0.05, 0) is 23.8 Å². The summed E-state index contributed by atoms with van der Waals surface area (Å²) in [5, 5.41) is 15.1. The van der Waals surface area contributed by atoms with E-state index in [0.29, 0.717) is 16.5 Å². The van der Waals surface area contributed by atoms with Crippen molar-refractivity contribution in [1.82, 2.24) is 4.98 Å². The van der Waals surface area contributed by atoms with E-state index in [1.54, 1.807) is 43.2 Å². The maximum atomic E-state index is 10.8. The van der Waals surface area contributed by atoms with Crippen LogP contribution in [0.2, 0.25) is 5.02 Å². The second-order valence-corrected chi connectivity index (χ2v) is 5.39. The first kappa shape index (κ1) is 14.6. The van der Waals surface area contributed by atoms with Crippen LogP contribution in [0.25, 0.3) is 0 Å². The number of anilines is 1. The molecule has 0 bridgehead atoms. The van der Waals surface area contributed by atoms with Gasteiger partial charge in [0.1, 0.15) is 5.69 Å². The number of aromatic nitrogens is 1. The molecule has 0 aliphatic heterocycles. The van der Waals surface area contributed by atoms with E-state index in [1.807, 2.05) is 6.07 Å². The summed E-state index contributed by atoms with van der Waals surface area (Å²) in [5.74, 6) is 0.682. The van der Waals surface area contributed by atoms with Crippen molar-refractivity contribution in [3.8, 4) is 0 Å². The molecule has 2 aromatic rings. The van der Waals surface area contributed by atoms with Gasteiger partial charge in [0, 0.05) is 25.1 Å². The second-order valence-electron chi connectivity index (χ2n) is 3.96. The first-order chi connectivity index (χ1) is 9.60. The Morgan fingerprint density at radius 1 is 1.40 bits per heavy atom. The molecule has 0 fully saturated rings. The Hall–Kier alpha value is -1.79. The number of rotatable bonds is 5. The van der Waals surface area contributed by atoms with Gasteiger partial charge in [0.25, 0.3) is 5.69 Å². The minimum absolute atomic E-state index is 0.0749. The Balaban J connectivity index is 2.10. The maximum absolute atomic E-state index is 10.8. The van der Waals surface area contributed by atoms with Gasteiger partial charge >= 0.3 is 0 Å². The molecule has 0 saturated heterocycles. The summed E-state index contributed by atoms with van der Waals surface area (Å²) in [6, 6.07) is 8.67. The summed E-state index contributed by atoms with van der Waals surface area (Å²) < 4.78 is 0. The molecule has 1 N–H and O–H groups in total. The zero-order chi connectivity index (χ0) is 14.5. The molecular formula is C13H12ClN3O2S. The van der Waals surface area contributed by atoms with Gasteiger partial charge < -0.3 is 5.32 Å². The number of thioether (sulfide) groups is 1. The van der Waals surface area contributed by atoms with Crippen LogP contribution in [0.15, 0.2) is 41.6 Å². The average molecular weight is 310 g/mol. The van der Waals surface area contributed by atoms with Crippen molar-refractivity contribution in [3.05, 3.63) is 57.2 Å². The average Bonchev–Trinajstić information content (AvgIpc) is 2.46. The number of nitro benzene ring substituents is 1. The van der Waals surface area contributed by atoms with Gasteiger partial charge in [0.15, 0.2) is 0 Å². The van der Waals surface area contributed by atoms with E-state index in [9.17, 15) is 10.1 Å². The van der Waals surface area contributed by atoms with Gasteiger partial charge in [-0.15, -0.1) is 11.8 Å². The standard InChI is InChI=1S/C13H12ClN3O2S/c1-15-11-6-9(2-4-12(11)17(18)19)8-20-13-5-3-10(14)7-16-13/h2-7,15H,8H2,1H3. The smallest absolute Gasteiger partial charge is 0.292 e. The van der Waals surface area contributed by atoms with E-state index in [2.05, 4.69) is 10.3 Å². The fourth-order valence-corrected chi connectivity index (χ4v) is 2.53. The number of nitrogens with zero attached hydrogens (tertiary/aromatic N) is 2. The Morgan fingerprint density at radius 2 is 2.20 bits per heavy atom. The van der Waals surface area contributed by atoms with Gasteiger partial charge in [0.2, 0.25) is 0 Å². The molecule has 0 amide bonds. The first-order valence-corrected chi connectivity index (χ1v) is 7.16. The van der Waals surface area contributed by atoms with E-state index in [0.717, 1.165) is 10.6 Å². The molecule has 20 heavy (non-hydrogen) atoms. The van der Waals surface area contributed by atoms with Crippen molar-refractivity contribution in [3.63, 3.8) is 0 Å². The highest BCUT2D eigenvalue weighted by atomic mass is 35.5. The predicted molar refractivity (Wildman–Crippen MR) is 81.5 cm³/mol. The molecule has 1 heterocycles. The van der Waals surface area contributed by atoms with Crippen LogP contribution < -0.4 is 5.32 Å². The highest BCUT2D eigenvalue weighted by Crippen LogP contribution is 2.28. The predicted octanol–water partition coefficient (Wildman–Crippen LogP) is 3.98. The van der Waals surface area contributed by atoms with Crippen LogP contribution in [-0.4, -0.2) is 17.0 Å². The van der Waals surface area contributed by atoms with Crippen LogP contribution in [0.3, 0.4) is 0 Å². The van der Waals surface area contributed by atoms with Crippen LogP contribution in [0.5, 0.6) is 0 Å². The minimum atomic E-state index is -0.399. The zero-order valence-electron chi connectivity index (χ0n) is 10.7. The summed E-state index contributed by atoms with van der Waals surface area (Å²) in [6.07, 6.45) is 1.60. The molecule has 7 heteroatoms. The Morgan fingerprint density at radius 3 is 2.80 bits per heavy atom. The van der Waals surface area contributed by atoms with Crippen molar-refractivity contribution in [2.75, 3.05) is 12.4 Å². The lowest BCUT2D eigenvalue weighted by molar-refractivity contribution is -0.383. The van der Waals surface area contributed by atoms with Gasteiger partial charge in [-0.2, -0.15) is 0 Å². The van der Waals surface area contributed by atoms with E-state index in [4.69, 9.17) is 11.6 Å². The number of nitro groups is 1. The molecule has 0 saturated carbocycles. The van der Waals surface area contributed by atoms with Gasteiger partial charge in [0.05, 0.1) is 15.0 Å². The summed E-state index contributed by atoms with van der Waals surface area (Å²) >= 11 is 7.32. The van der Waals surface area contributed by atoms with Gasteiger partial charge in [-0.3, -0.25) is 10.1 Å². The summed E-state index contributed by atoms with van der Waals surface area (Å²) in [5.41, 5.74) is 1.57. The monoisotopic (exact) mass is 309 g/mol. The Labute approximate surface area is 125 Å². The molecule has 5 nitrogen and oxygen atoms in total. The third-order valence-corrected chi connectivity index (χ3v) is 3.85. The van der Waals surface area contributed by atoms with Crippen LogP contribution in [0.4, 0.5) is 11.4 Å². The summed E-state index contributed by atoms with van der Waals surface area (Å²) in [6.45, 7) is 0. The van der Waals surface area contributed by atoms with E-state index in [-0.39, 0.29) is 5.69 Å². The molecule has 0 aliphatic carbocycles. The molecule has 0 unspecified atom stereocenters. The van der Waals surface area contributed by atoms with Crippen molar-refractivity contribution in [2.45, 2.75) is 10.8 Å².